The first-order valence-electron chi connectivity index (χ1n) is 27.2. The highest BCUT2D eigenvalue weighted by Crippen LogP contribution is 2.37. The Morgan fingerprint density at radius 2 is 1.02 bits per heavy atom. The quantitative estimate of drug-likeness (QED) is 0.0133. The predicted octanol–water partition coefficient (Wildman–Crippen LogP) is 0.680. The first kappa shape index (κ1) is 64.3. The molecule has 464 valence electrons. The Hall–Kier alpha value is -8.73. The molecule has 4 amide bonds. The summed E-state index contributed by atoms with van der Waals surface area (Å²) in [6, 6.07) is 12.1. The van der Waals surface area contributed by atoms with E-state index in [0.717, 1.165) is 82.0 Å². The van der Waals surface area contributed by atoms with Crippen molar-refractivity contribution in [1.29, 1.82) is 0 Å². The highest BCUT2D eigenvalue weighted by molar-refractivity contribution is 7.81. The fraction of sp³-hybridized carbons (Fsp3) is 0.407. The number of hydrogen-bond donors (Lipinski definition) is 8. The fourth-order valence-electron chi connectivity index (χ4n) is 9.42. The number of anilines is 2. The number of nitrogens with two attached hydrogens (primary N) is 4. The first-order valence-corrected chi connectivity index (χ1v) is 30.3. The molecule has 87 heavy (non-hydrogen) atoms. The molecule has 6 aromatic rings. The van der Waals surface area contributed by atoms with E-state index < -0.39 is 92.8 Å². The first-order chi connectivity index (χ1) is 41.2. The summed E-state index contributed by atoms with van der Waals surface area (Å²) in [5, 5.41) is 36.4. The van der Waals surface area contributed by atoms with Crippen LogP contribution in [0, 0.1) is 0 Å². The van der Waals surface area contributed by atoms with Crippen LogP contribution in [0.1, 0.15) is 75.9 Å². The van der Waals surface area contributed by atoms with Gasteiger partial charge in [-0.25, -0.2) is 19.6 Å². The minimum Gasteiger partial charge on any atom is -0.478 e. The number of carboxylic acids is 2. The van der Waals surface area contributed by atoms with Crippen molar-refractivity contribution in [3.63, 3.8) is 0 Å². The molecule has 33 heteroatoms. The number of nitrogens with one attached hydrogen (secondary N) is 2. The average molecular weight is 1260 g/mol. The van der Waals surface area contributed by atoms with Gasteiger partial charge in [0.25, 0.3) is 23.6 Å². The van der Waals surface area contributed by atoms with Crippen LogP contribution in [0.4, 0.5) is 10.3 Å². The second kappa shape index (κ2) is 26.9. The largest absolute Gasteiger partial charge is 0.478 e. The molecular weight excluding hydrogens is 1190 g/mol. The van der Waals surface area contributed by atoms with Crippen molar-refractivity contribution >= 4 is 90.3 Å². The van der Waals surface area contributed by atoms with Crippen LogP contribution < -0.4 is 42.9 Å². The van der Waals surface area contributed by atoms with Crippen molar-refractivity contribution in [3.05, 3.63) is 107 Å². The molecule has 2 aliphatic heterocycles. The lowest BCUT2D eigenvalue weighted by Gasteiger charge is -2.52. The second-order valence-corrected chi connectivity index (χ2v) is 24.4. The number of carbonyl (C=O) groups excluding carboxylic acids is 4. The normalized spacial score (nSPS) is 17.3. The fourth-order valence-corrected chi connectivity index (χ4v) is 11.4. The number of β-lactam (4-membered cyclic amide) rings is 2. The number of amides is 4. The molecule has 0 aliphatic carbocycles. The molecule has 8 rings (SSSR count). The number of hydrogen-bond acceptors (Lipinski definition) is 22. The van der Waals surface area contributed by atoms with Crippen LogP contribution >= 0.6 is 22.7 Å². The van der Waals surface area contributed by atoms with Gasteiger partial charge in [0.05, 0.1) is 47.7 Å². The summed E-state index contributed by atoms with van der Waals surface area (Å²) in [4.78, 5) is 98.9. The summed E-state index contributed by atoms with van der Waals surface area (Å²) in [7, 11) is -1.47. The van der Waals surface area contributed by atoms with Crippen molar-refractivity contribution < 1.29 is 75.0 Å². The number of oxime groups is 2. The van der Waals surface area contributed by atoms with Crippen LogP contribution in [-0.2, 0) is 97.4 Å². The topological polar surface area (TPSA) is 417 Å². The summed E-state index contributed by atoms with van der Waals surface area (Å²) in [6.45, 7) is 7.98. The highest BCUT2D eigenvalue weighted by atomic mass is 32.3. The molecule has 6 heterocycles. The van der Waals surface area contributed by atoms with Crippen molar-refractivity contribution in [3.8, 4) is 22.3 Å². The number of aromatic nitrogens is 6. The van der Waals surface area contributed by atoms with E-state index in [0.29, 0.717) is 23.2 Å². The summed E-state index contributed by atoms with van der Waals surface area (Å²) in [5.41, 5.74) is 23.9. The Balaban J connectivity index is 0.861. The van der Waals surface area contributed by atoms with Crippen molar-refractivity contribution in [2.45, 2.75) is 115 Å². The molecule has 30 nitrogen and oxygen atoms in total. The minimum absolute atomic E-state index is 0.0182. The molecule has 12 N–H and O–H groups in total. The summed E-state index contributed by atoms with van der Waals surface area (Å²) in [5.74, 6) is -7.12. The molecule has 2 aliphatic rings. The van der Waals surface area contributed by atoms with E-state index >= 15 is 0 Å². The number of thiazole rings is 2. The Morgan fingerprint density at radius 3 is 1.33 bits per heavy atom. The number of carboxylic acid groups (broad SMARTS) is 2. The molecule has 2 saturated heterocycles. The van der Waals surface area contributed by atoms with E-state index in [1.54, 1.807) is 0 Å². The van der Waals surface area contributed by atoms with Crippen molar-refractivity contribution in [2.75, 3.05) is 24.6 Å². The van der Waals surface area contributed by atoms with Gasteiger partial charge in [0.1, 0.15) is 23.5 Å². The SMILES string of the molecule is C[n+]1cc(-c2ccc(CCC(O/N=C(/C(=O)N[C@@H]3C(=O)N(OS(=O)(=O)ON4C(=O)[C@@H](NC(=O)/C(=N/OC(CCc5ccc(-c6cn(CCCN)[n+](C)c6)cc5)C(=O)O)c5csc(N)n5)C4(C)C)C3(C)C)c3csc(N)n3)C(=O)O)cc2)cn1CCCN. The highest BCUT2D eigenvalue weighted by Gasteiger charge is 2.61. The zero-order valence-corrected chi connectivity index (χ0v) is 50.7. The van der Waals surface area contributed by atoms with Crippen LogP contribution in [0.2, 0.25) is 0 Å². The Bertz CT molecular complexity index is 3480. The smallest absolute Gasteiger partial charge is 0.442 e. The molecule has 2 unspecified atom stereocenters. The number of nitrogen functional groups attached to an aromatic ring is 2. The lowest BCUT2D eigenvalue weighted by atomic mass is 9.84. The number of carbonyl (C=O) groups is 6. The Kier molecular flexibility index (Phi) is 19.9. The van der Waals surface area contributed by atoms with Gasteiger partial charge in [0.15, 0.2) is 35.8 Å². The van der Waals surface area contributed by atoms with E-state index in [1.807, 2.05) is 106 Å². The summed E-state index contributed by atoms with van der Waals surface area (Å²) in [6.07, 6.45) is 6.90. The maximum atomic E-state index is 13.9. The standard InChI is InChI=1S/C54H66N16O14S3/c1-53(2)43(61-45(71)41(37-29-85-51(57)59-37)63-81-39(49(75)76)19-13-31-9-15-33(16-10-31)35-25-65(5)67(27-35)23-7-21-55)47(73)69(53)83-87(79,80)84-70-48(74)44(54(70,3)4)62-46(72)42(38-30-86-52(58)60-38)64-82-40(50(77)78)20-14-32-11-17-34(18-12-32)36-26-66(6)68(28-36)24-8-22-56/h9-12,15-18,25-30,39-40,43-44H,7-8,13-14,19-24,55-56H2,1-6H3,(H6-2,57,58,59,60,61,62,71,72,75,76,77,78)/p+2/b63-41+,64-42+/t39?,40?,43-,44-/m1/s1. The maximum absolute atomic E-state index is 13.9. The summed E-state index contributed by atoms with van der Waals surface area (Å²) >= 11 is 1.87. The van der Waals surface area contributed by atoms with E-state index in [2.05, 4.69) is 30.9 Å². The molecular formula is C54H68N16O14S3+2. The third kappa shape index (κ3) is 14.9. The van der Waals surface area contributed by atoms with Crippen LogP contribution in [0.25, 0.3) is 22.3 Å². The molecule has 4 atom stereocenters. The second-order valence-electron chi connectivity index (χ2n) is 21.5. The number of aryl methyl sites for hydroxylation is 6. The number of nitrogens with zero attached hydrogens (tertiary/aromatic N) is 10. The number of rotatable bonds is 30. The van der Waals surface area contributed by atoms with Crippen LogP contribution in [0.15, 0.2) is 94.4 Å². The zero-order valence-electron chi connectivity index (χ0n) is 48.3. The Morgan fingerprint density at radius 1 is 0.655 bits per heavy atom. The van der Waals surface area contributed by atoms with Gasteiger partial charge < -0.3 is 53.5 Å². The van der Waals surface area contributed by atoms with Crippen molar-refractivity contribution in [2.24, 2.45) is 35.9 Å². The number of hydroxylamine groups is 4. The van der Waals surface area contributed by atoms with E-state index in [9.17, 15) is 47.4 Å². The lowest BCUT2D eigenvalue weighted by Crippen LogP contribution is -2.78. The van der Waals surface area contributed by atoms with Crippen molar-refractivity contribution in [1.82, 2.24) is 40.1 Å². The molecule has 0 radical (unpaired) electrons. The summed E-state index contributed by atoms with van der Waals surface area (Å²) < 4.78 is 45.0. The molecule has 0 bridgehead atoms. The third-order valence-corrected chi connectivity index (χ3v) is 16.5. The number of aliphatic carboxylic acids is 2. The van der Waals surface area contributed by atoms with Gasteiger partial charge in [-0.2, -0.15) is 27.9 Å². The van der Waals surface area contributed by atoms with Gasteiger partial charge in [-0.3, -0.25) is 19.2 Å². The monoisotopic (exact) mass is 1260 g/mol. The average Bonchev–Trinajstić information content (AvgIpc) is 1.93. The van der Waals surface area contributed by atoms with Gasteiger partial charge in [0, 0.05) is 23.6 Å². The van der Waals surface area contributed by atoms with Gasteiger partial charge in [0.2, 0.25) is 24.6 Å². The Labute approximate surface area is 507 Å². The molecule has 2 aromatic carbocycles. The minimum atomic E-state index is -5.34. The molecule has 0 saturated carbocycles. The van der Waals surface area contributed by atoms with Crippen LogP contribution in [0.3, 0.4) is 0 Å². The van der Waals surface area contributed by atoms with E-state index in [-0.39, 0.29) is 47.3 Å². The van der Waals surface area contributed by atoms with Gasteiger partial charge in [-0.1, -0.05) is 58.8 Å². The third-order valence-electron chi connectivity index (χ3n) is 14.5. The van der Waals surface area contributed by atoms with Gasteiger partial charge in [-0.15, -0.1) is 40.6 Å². The molecule has 0 spiro atoms. The predicted molar refractivity (Wildman–Crippen MR) is 314 cm³/mol. The van der Waals surface area contributed by atoms with Gasteiger partial charge >= 0.3 is 22.3 Å². The molecule has 2 fully saturated rings. The molecule has 4 aromatic heterocycles. The van der Waals surface area contributed by atoms with E-state index in [4.69, 9.17) is 41.2 Å². The van der Waals surface area contributed by atoms with Gasteiger partial charge in [-0.05, 0) is 88.7 Å². The number of benzene rings is 2. The van der Waals surface area contributed by atoms with E-state index in [1.165, 1.54) is 38.5 Å². The zero-order chi connectivity index (χ0) is 63.1. The van der Waals surface area contributed by atoms with Crippen LogP contribution in [-0.4, -0.2) is 144 Å². The van der Waals surface area contributed by atoms with Crippen LogP contribution in [0.5, 0.6) is 0 Å². The maximum Gasteiger partial charge on any atom is 0.442 e. The lowest BCUT2D eigenvalue weighted by molar-refractivity contribution is -0.753.